The summed E-state index contributed by atoms with van der Waals surface area (Å²) < 4.78 is 27.3. The molecular weight excluding hydrogens is 220 g/mol. The molecular formula is C14H21F2N. The number of hydrogen-bond acceptors (Lipinski definition) is 1. The Hall–Kier alpha value is -0.960. The van der Waals surface area contributed by atoms with E-state index in [-0.39, 0.29) is 17.5 Å². The fourth-order valence-corrected chi connectivity index (χ4v) is 1.73. The van der Waals surface area contributed by atoms with Gasteiger partial charge in [0.15, 0.2) is 0 Å². The van der Waals surface area contributed by atoms with Gasteiger partial charge in [-0.15, -0.1) is 0 Å². The molecule has 1 N–H and O–H groups in total. The zero-order valence-corrected chi connectivity index (χ0v) is 11.0. The van der Waals surface area contributed by atoms with Gasteiger partial charge in [-0.2, -0.15) is 0 Å². The third-order valence-electron chi connectivity index (χ3n) is 3.22. The Bertz CT molecular complexity index is 355. The van der Waals surface area contributed by atoms with E-state index in [9.17, 15) is 8.78 Å². The maximum Gasteiger partial charge on any atom is 0.273 e. The van der Waals surface area contributed by atoms with Crippen molar-refractivity contribution < 1.29 is 8.78 Å². The lowest BCUT2D eigenvalue weighted by Gasteiger charge is -2.25. The summed E-state index contributed by atoms with van der Waals surface area (Å²) in [4.78, 5) is 0. The third-order valence-corrected chi connectivity index (χ3v) is 3.22. The van der Waals surface area contributed by atoms with Crippen LogP contribution in [-0.2, 0) is 11.5 Å². The van der Waals surface area contributed by atoms with Crippen molar-refractivity contribution in [1.82, 2.24) is 5.32 Å². The Labute approximate surface area is 102 Å². The average molecular weight is 241 g/mol. The molecule has 1 nitrogen and oxygen atoms in total. The van der Waals surface area contributed by atoms with Crippen LogP contribution in [0.1, 0.15) is 44.7 Å². The maximum atomic E-state index is 13.7. The molecule has 0 aromatic heterocycles. The van der Waals surface area contributed by atoms with Gasteiger partial charge >= 0.3 is 0 Å². The molecule has 1 aromatic rings. The minimum absolute atomic E-state index is 0.0955. The fourth-order valence-electron chi connectivity index (χ4n) is 1.73. The molecule has 0 unspecified atom stereocenters. The highest BCUT2D eigenvalue weighted by atomic mass is 19.3. The molecule has 0 amide bonds. The van der Waals surface area contributed by atoms with E-state index < -0.39 is 5.92 Å². The number of benzene rings is 1. The van der Waals surface area contributed by atoms with E-state index in [2.05, 4.69) is 5.32 Å². The van der Waals surface area contributed by atoms with Gasteiger partial charge in [-0.25, -0.2) is 8.78 Å². The van der Waals surface area contributed by atoms with Crippen molar-refractivity contribution in [2.75, 3.05) is 7.05 Å². The molecule has 0 saturated heterocycles. The number of nitrogens with one attached hydrogen (secondary N) is 1. The van der Waals surface area contributed by atoms with E-state index in [1.807, 2.05) is 20.9 Å². The molecule has 0 spiro atoms. The molecule has 3 heteroatoms. The summed E-state index contributed by atoms with van der Waals surface area (Å²) in [6.07, 6.45) is 0.387. The van der Waals surface area contributed by atoms with Gasteiger partial charge in [-0.3, -0.25) is 0 Å². The van der Waals surface area contributed by atoms with Gasteiger partial charge in [-0.1, -0.05) is 37.6 Å². The van der Waals surface area contributed by atoms with Crippen LogP contribution in [-0.4, -0.2) is 7.05 Å². The minimum Gasteiger partial charge on any atom is -0.311 e. The van der Waals surface area contributed by atoms with Gasteiger partial charge in [0.25, 0.3) is 5.92 Å². The lowest BCUT2D eigenvalue weighted by molar-refractivity contribution is -0.0140. The van der Waals surface area contributed by atoms with E-state index in [0.717, 1.165) is 5.56 Å². The van der Waals surface area contributed by atoms with E-state index in [4.69, 9.17) is 0 Å². The van der Waals surface area contributed by atoms with E-state index in [1.165, 1.54) is 12.1 Å². The highest BCUT2D eigenvalue weighted by molar-refractivity contribution is 5.29. The van der Waals surface area contributed by atoms with Gasteiger partial charge in [-0.05, 0) is 26.5 Å². The van der Waals surface area contributed by atoms with E-state index in [1.54, 1.807) is 19.1 Å². The molecule has 0 atom stereocenters. The monoisotopic (exact) mass is 241 g/mol. The van der Waals surface area contributed by atoms with Gasteiger partial charge < -0.3 is 5.32 Å². The standard InChI is InChI=1S/C14H21F2N/c1-5-10-14(15,16)12-8-6-11(7-9-12)13(2,3)17-4/h6-9,17H,5,10H2,1-4H3. The van der Waals surface area contributed by atoms with E-state index >= 15 is 0 Å². The first kappa shape index (κ1) is 14.1. The summed E-state index contributed by atoms with van der Waals surface area (Å²) in [7, 11) is 1.86. The zero-order valence-electron chi connectivity index (χ0n) is 11.0. The molecule has 0 heterocycles. The van der Waals surface area contributed by atoms with Crippen molar-refractivity contribution in [3.05, 3.63) is 35.4 Å². The van der Waals surface area contributed by atoms with Crippen LogP contribution >= 0.6 is 0 Å². The smallest absolute Gasteiger partial charge is 0.273 e. The Morgan fingerprint density at radius 3 is 1.94 bits per heavy atom. The Morgan fingerprint density at radius 1 is 1.06 bits per heavy atom. The topological polar surface area (TPSA) is 12.0 Å². The Morgan fingerprint density at radius 2 is 1.53 bits per heavy atom. The molecule has 0 aliphatic carbocycles. The van der Waals surface area contributed by atoms with Gasteiger partial charge in [0.1, 0.15) is 0 Å². The van der Waals surface area contributed by atoms with Gasteiger partial charge in [0, 0.05) is 17.5 Å². The van der Waals surface area contributed by atoms with Crippen molar-refractivity contribution >= 4 is 0 Å². The molecule has 0 saturated carbocycles. The highest BCUT2D eigenvalue weighted by Gasteiger charge is 2.30. The molecule has 0 aliphatic rings. The van der Waals surface area contributed by atoms with Crippen molar-refractivity contribution in [3.8, 4) is 0 Å². The Kier molecular flexibility index (Phi) is 4.26. The van der Waals surface area contributed by atoms with Crippen molar-refractivity contribution in [1.29, 1.82) is 0 Å². The average Bonchev–Trinajstić information content (AvgIpc) is 2.29. The number of halogens is 2. The predicted octanol–water partition coefficient (Wildman–Crippen LogP) is 4.03. The molecule has 0 bridgehead atoms. The van der Waals surface area contributed by atoms with Crippen molar-refractivity contribution in [2.45, 2.75) is 45.1 Å². The van der Waals surface area contributed by atoms with Gasteiger partial charge in [0.2, 0.25) is 0 Å². The maximum absolute atomic E-state index is 13.7. The summed E-state index contributed by atoms with van der Waals surface area (Å²) in [6.45, 7) is 5.81. The van der Waals surface area contributed by atoms with Crippen molar-refractivity contribution in [3.63, 3.8) is 0 Å². The number of alkyl halides is 2. The summed E-state index contributed by atoms with van der Waals surface area (Å²) >= 11 is 0. The van der Waals surface area contributed by atoms with Crippen LogP contribution in [0.25, 0.3) is 0 Å². The molecule has 17 heavy (non-hydrogen) atoms. The molecule has 96 valence electrons. The number of rotatable bonds is 5. The second-order valence-corrected chi connectivity index (χ2v) is 4.91. The SMILES string of the molecule is CCCC(F)(F)c1ccc(C(C)(C)NC)cc1. The van der Waals surface area contributed by atoms with Crippen LogP contribution in [0.5, 0.6) is 0 Å². The lowest BCUT2D eigenvalue weighted by Crippen LogP contribution is -2.33. The third kappa shape index (κ3) is 3.25. The lowest BCUT2D eigenvalue weighted by atomic mass is 9.92. The van der Waals surface area contributed by atoms with Gasteiger partial charge in [0.05, 0.1) is 0 Å². The summed E-state index contributed by atoms with van der Waals surface area (Å²) in [6, 6.07) is 6.61. The predicted molar refractivity (Wildman–Crippen MR) is 67.3 cm³/mol. The first-order valence-electron chi connectivity index (χ1n) is 6.01. The van der Waals surface area contributed by atoms with Crippen LogP contribution in [0, 0.1) is 0 Å². The Balaban J connectivity index is 2.96. The quantitative estimate of drug-likeness (QED) is 0.820. The van der Waals surface area contributed by atoms with Crippen LogP contribution in [0.3, 0.4) is 0 Å². The molecule has 0 radical (unpaired) electrons. The van der Waals surface area contributed by atoms with Crippen LogP contribution in [0.2, 0.25) is 0 Å². The largest absolute Gasteiger partial charge is 0.311 e. The summed E-state index contributed by atoms with van der Waals surface area (Å²) in [5.41, 5.74) is 0.921. The molecule has 1 aromatic carbocycles. The zero-order chi connectivity index (χ0) is 13.1. The highest BCUT2D eigenvalue weighted by Crippen LogP contribution is 2.33. The minimum atomic E-state index is -2.71. The molecule has 0 fully saturated rings. The van der Waals surface area contributed by atoms with Crippen LogP contribution < -0.4 is 5.32 Å². The van der Waals surface area contributed by atoms with Crippen LogP contribution in [0.15, 0.2) is 24.3 Å². The first-order valence-corrected chi connectivity index (χ1v) is 6.01. The second-order valence-electron chi connectivity index (χ2n) is 4.91. The van der Waals surface area contributed by atoms with E-state index in [0.29, 0.717) is 6.42 Å². The summed E-state index contributed by atoms with van der Waals surface area (Å²) in [5.74, 6) is -2.71. The first-order chi connectivity index (χ1) is 7.83. The normalized spacial score (nSPS) is 12.8. The fraction of sp³-hybridized carbons (Fsp3) is 0.571. The van der Waals surface area contributed by atoms with Crippen molar-refractivity contribution in [2.24, 2.45) is 0 Å². The molecule has 1 rings (SSSR count). The number of hydrogen-bond donors (Lipinski definition) is 1. The van der Waals surface area contributed by atoms with Crippen LogP contribution in [0.4, 0.5) is 8.78 Å². The molecule has 0 aliphatic heterocycles. The summed E-state index contributed by atoms with van der Waals surface area (Å²) in [5, 5.41) is 3.15. The second kappa shape index (κ2) is 5.13.